The molecule has 0 bridgehead atoms. The number of aromatic nitrogens is 1. The molecule has 1 saturated heterocycles. The molecule has 0 aromatic carbocycles. The van der Waals surface area contributed by atoms with Gasteiger partial charge < -0.3 is 10.2 Å². The number of carbonyl (C=O) groups is 1. The minimum atomic E-state index is -0.405. The van der Waals surface area contributed by atoms with Gasteiger partial charge in [0, 0.05) is 12.6 Å². The first-order valence-corrected chi connectivity index (χ1v) is 7.37. The number of carbonyl (C=O) groups excluding carboxylic acids is 1. The summed E-state index contributed by atoms with van der Waals surface area (Å²) in [6.07, 6.45) is 5.51. The molecule has 3 rings (SSSR count). The third-order valence-corrected chi connectivity index (χ3v) is 4.11. The lowest BCUT2D eigenvalue weighted by atomic mass is 9.97. The van der Waals surface area contributed by atoms with Gasteiger partial charge in [-0.15, -0.1) is 0 Å². The summed E-state index contributed by atoms with van der Waals surface area (Å²) >= 11 is 0. The van der Waals surface area contributed by atoms with Crippen LogP contribution >= 0.6 is 0 Å². The summed E-state index contributed by atoms with van der Waals surface area (Å²) < 4.78 is 12.9. The molecule has 1 aliphatic heterocycles. The van der Waals surface area contributed by atoms with Gasteiger partial charge in [-0.25, -0.2) is 9.37 Å². The topological polar surface area (TPSA) is 45.2 Å². The lowest BCUT2D eigenvalue weighted by Gasteiger charge is -2.30. The van der Waals surface area contributed by atoms with E-state index in [9.17, 15) is 9.18 Å². The molecule has 1 saturated carbocycles. The fourth-order valence-corrected chi connectivity index (χ4v) is 2.78. The lowest BCUT2D eigenvalue weighted by Crippen LogP contribution is -2.40. The van der Waals surface area contributed by atoms with Crippen LogP contribution in [-0.2, 0) is 0 Å². The molecule has 0 radical (unpaired) electrons. The van der Waals surface area contributed by atoms with Crippen LogP contribution in [0.1, 0.15) is 36.2 Å². The first-order valence-electron chi connectivity index (χ1n) is 7.37. The second-order valence-electron chi connectivity index (χ2n) is 5.74. The molecule has 1 aromatic heterocycles. The maximum atomic E-state index is 12.9. The molecule has 5 heteroatoms. The van der Waals surface area contributed by atoms with Gasteiger partial charge in [0.15, 0.2) is 0 Å². The number of hydrogen-bond acceptors (Lipinski definition) is 3. The van der Waals surface area contributed by atoms with Crippen molar-refractivity contribution >= 4 is 5.91 Å². The molecule has 1 aliphatic carbocycles. The van der Waals surface area contributed by atoms with Crippen LogP contribution in [0.25, 0.3) is 0 Å². The Balaban J connectivity index is 1.69. The fourth-order valence-electron chi connectivity index (χ4n) is 2.78. The van der Waals surface area contributed by atoms with E-state index in [1.165, 1.54) is 12.1 Å². The Morgan fingerprint density at radius 2 is 2.05 bits per heavy atom. The molecule has 1 amide bonds. The van der Waals surface area contributed by atoms with Crippen LogP contribution in [0.3, 0.4) is 0 Å². The maximum absolute atomic E-state index is 12.9. The van der Waals surface area contributed by atoms with Gasteiger partial charge in [0.1, 0.15) is 11.5 Å². The third kappa shape index (κ3) is 3.15. The van der Waals surface area contributed by atoms with Gasteiger partial charge in [0.05, 0.1) is 6.20 Å². The van der Waals surface area contributed by atoms with E-state index >= 15 is 0 Å². The molecule has 4 nitrogen and oxygen atoms in total. The van der Waals surface area contributed by atoms with Gasteiger partial charge in [-0.05, 0) is 56.8 Å². The molecule has 1 N–H and O–H groups in total. The van der Waals surface area contributed by atoms with E-state index in [0.717, 1.165) is 51.5 Å². The summed E-state index contributed by atoms with van der Waals surface area (Å²) in [5.74, 6) is 0.116. The van der Waals surface area contributed by atoms with Crippen LogP contribution < -0.4 is 5.32 Å². The van der Waals surface area contributed by atoms with Crippen molar-refractivity contribution in [3.63, 3.8) is 0 Å². The minimum absolute atomic E-state index is 0.0500. The highest BCUT2D eigenvalue weighted by molar-refractivity contribution is 5.92. The van der Waals surface area contributed by atoms with E-state index in [1.54, 1.807) is 0 Å². The van der Waals surface area contributed by atoms with E-state index in [-0.39, 0.29) is 5.91 Å². The van der Waals surface area contributed by atoms with Crippen LogP contribution in [0, 0.1) is 11.7 Å². The minimum Gasteiger partial charge on any atom is -0.334 e. The number of rotatable bonds is 4. The zero-order valence-electron chi connectivity index (χ0n) is 11.5. The maximum Gasteiger partial charge on any atom is 0.272 e. The second kappa shape index (κ2) is 5.87. The number of pyridine rings is 1. The fraction of sp³-hybridized carbons (Fsp3) is 0.600. The average molecular weight is 277 g/mol. The standard InChI is InChI=1S/C15H20FN3O/c16-12-1-4-14(18-9-12)15(20)19(13-2-3-13)10-11-5-7-17-8-6-11/h1,4,9,11,13,17H,2-3,5-8,10H2. The van der Waals surface area contributed by atoms with Crippen LogP contribution in [-0.4, -0.2) is 41.5 Å². The molecule has 0 unspecified atom stereocenters. The summed E-state index contributed by atoms with van der Waals surface area (Å²) in [6.45, 7) is 2.88. The van der Waals surface area contributed by atoms with Crippen molar-refractivity contribution in [1.82, 2.24) is 15.2 Å². The van der Waals surface area contributed by atoms with E-state index in [1.807, 2.05) is 4.90 Å². The Kier molecular flexibility index (Phi) is 3.96. The van der Waals surface area contributed by atoms with Gasteiger partial charge in [0.2, 0.25) is 0 Å². The molecule has 2 aliphatic rings. The average Bonchev–Trinajstić information content (AvgIpc) is 3.30. The molecular weight excluding hydrogens is 257 g/mol. The van der Waals surface area contributed by atoms with Crippen LogP contribution in [0.2, 0.25) is 0 Å². The summed E-state index contributed by atoms with van der Waals surface area (Å²) in [5.41, 5.74) is 0.354. The first kappa shape index (κ1) is 13.5. The Labute approximate surface area is 118 Å². The van der Waals surface area contributed by atoms with Crippen molar-refractivity contribution in [3.05, 3.63) is 29.8 Å². The van der Waals surface area contributed by atoms with E-state index in [2.05, 4.69) is 10.3 Å². The molecule has 0 atom stereocenters. The van der Waals surface area contributed by atoms with E-state index < -0.39 is 5.82 Å². The number of piperidine rings is 1. The van der Waals surface area contributed by atoms with Crippen LogP contribution in [0.15, 0.2) is 18.3 Å². The number of hydrogen-bond donors (Lipinski definition) is 1. The zero-order valence-corrected chi connectivity index (χ0v) is 11.5. The molecule has 2 fully saturated rings. The highest BCUT2D eigenvalue weighted by Gasteiger charge is 2.35. The molecule has 1 aromatic rings. The normalized spacial score (nSPS) is 19.9. The van der Waals surface area contributed by atoms with Crippen molar-refractivity contribution < 1.29 is 9.18 Å². The van der Waals surface area contributed by atoms with Gasteiger partial charge in [-0.3, -0.25) is 4.79 Å². The van der Waals surface area contributed by atoms with Gasteiger partial charge >= 0.3 is 0 Å². The molecule has 108 valence electrons. The Hall–Kier alpha value is -1.49. The van der Waals surface area contributed by atoms with Crippen molar-refractivity contribution in [1.29, 1.82) is 0 Å². The van der Waals surface area contributed by atoms with Crippen molar-refractivity contribution in [3.8, 4) is 0 Å². The zero-order chi connectivity index (χ0) is 13.9. The third-order valence-electron chi connectivity index (χ3n) is 4.11. The lowest BCUT2D eigenvalue weighted by molar-refractivity contribution is 0.0695. The van der Waals surface area contributed by atoms with Crippen LogP contribution in [0.4, 0.5) is 4.39 Å². The second-order valence-corrected chi connectivity index (χ2v) is 5.74. The summed E-state index contributed by atoms with van der Waals surface area (Å²) in [6, 6.07) is 3.15. The summed E-state index contributed by atoms with van der Waals surface area (Å²) in [4.78, 5) is 18.4. The Morgan fingerprint density at radius 3 is 2.65 bits per heavy atom. The Morgan fingerprint density at radius 1 is 1.30 bits per heavy atom. The smallest absolute Gasteiger partial charge is 0.272 e. The van der Waals surface area contributed by atoms with Gasteiger partial charge in [-0.1, -0.05) is 0 Å². The predicted molar refractivity (Wildman–Crippen MR) is 73.8 cm³/mol. The number of amides is 1. The van der Waals surface area contributed by atoms with Crippen LogP contribution in [0.5, 0.6) is 0 Å². The number of halogens is 1. The largest absolute Gasteiger partial charge is 0.334 e. The summed E-state index contributed by atoms with van der Waals surface area (Å²) in [5, 5.41) is 3.34. The highest BCUT2D eigenvalue weighted by atomic mass is 19.1. The monoisotopic (exact) mass is 277 g/mol. The first-order chi connectivity index (χ1) is 9.74. The van der Waals surface area contributed by atoms with Gasteiger partial charge in [-0.2, -0.15) is 0 Å². The molecule has 2 heterocycles. The van der Waals surface area contributed by atoms with Crippen molar-refractivity contribution in [2.75, 3.05) is 19.6 Å². The SMILES string of the molecule is O=C(c1ccc(F)cn1)N(CC1CCNCC1)C1CC1. The van der Waals surface area contributed by atoms with E-state index in [4.69, 9.17) is 0 Å². The van der Waals surface area contributed by atoms with E-state index in [0.29, 0.717) is 17.7 Å². The van der Waals surface area contributed by atoms with Gasteiger partial charge in [0.25, 0.3) is 5.91 Å². The number of nitrogens with zero attached hydrogens (tertiary/aromatic N) is 2. The highest BCUT2D eigenvalue weighted by Crippen LogP contribution is 2.30. The van der Waals surface area contributed by atoms with Crippen molar-refractivity contribution in [2.45, 2.75) is 31.7 Å². The molecule has 20 heavy (non-hydrogen) atoms. The van der Waals surface area contributed by atoms with Crippen molar-refractivity contribution in [2.24, 2.45) is 5.92 Å². The molecular formula is C15H20FN3O. The quantitative estimate of drug-likeness (QED) is 0.913. The summed E-state index contributed by atoms with van der Waals surface area (Å²) in [7, 11) is 0. The number of nitrogens with one attached hydrogen (secondary N) is 1. The predicted octanol–water partition coefficient (Wildman–Crippen LogP) is 1.82. The Bertz CT molecular complexity index is 467. The molecule has 0 spiro atoms.